The fraction of sp³-hybridized carbons (Fsp3) is 0.333. The molecule has 0 spiro atoms. The number of nitriles is 2. The molecule has 0 radical (unpaired) electrons. The van der Waals surface area contributed by atoms with Gasteiger partial charge in [0.2, 0.25) is 0 Å². The molecule has 0 aliphatic heterocycles. The summed E-state index contributed by atoms with van der Waals surface area (Å²) < 4.78 is 0. The maximum atomic E-state index is 8.84. The van der Waals surface area contributed by atoms with E-state index in [4.69, 9.17) is 10.5 Å². The van der Waals surface area contributed by atoms with Gasteiger partial charge in [-0.05, 0) is 18.6 Å². The van der Waals surface area contributed by atoms with Gasteiger partial charge in [-0.1, -0.05) is 18.2 Å². The minimum absolute atomic E-state index is 0.000696. The Morgan fingerprint density at radius 3 is 2.73 bits per heavy atom. The van der Waals surface area contributed by atoms with Crippen LogP contribution in [-0.2, 0) is 6.54 Å². The molecule has 1 N–H and O–H groups in total. The van der Waals surface area contributed by atoms with Crippen LogP contribution in [0.1, 0.15) is 18.1 Å². The molecule has 1 aromatic rings. The molecule has 1 aromatic carbocycles. The topological polar surface area (TPSA) is 59.6 Å². The zero-order valence-electron chi connectivity index (χ0n) is 8.70. The maximum Gasteiger partial charge on any atom is 0.0995 e. The van der Waals surface area contributed by atoms with Crippen molar-refractivity contribution in [3.63, 3.8) is 0 Å². The quantitative estimate of drug-likeness (QED) is 0.804. The zero-order valence-corrected chi connectivity index (χ0v) is 8.70. The molecule has 0 aliphatic rings. The molecule has 3 heteroatoms. The minimum atomic E-state index is -0.000696. The molecule has 0 saturated heterocycles. The van der Waals surface area contributed by atoms with E-state index < -0.39 is 0 Å². The van der Waals surface area contributed by atoms with Gasteiger partial charge in [-0.25, -0.2) is 0 Å². The van der Waals surface area contributed by atoms with Crippen molar-refractivity contribution < 1.29 is 0 Å². The lowest BCUT2D eigenvalue weighted by Crippen LogP contribution is -2.20. The molecular formula is C12H13N3. The standard InChI is InChI=1S/C12H13N3/c1-10(6-13)8-15-9-12-5-3-2-4-11(12)7-14/h2-5,10,15H,8-9H2,1H3. The molecule has 1 unspecified atom stereocenters. The highest BCUT2D eigenvalue weighted by atomic mass is 14.9. The van der Waals surface area contributed by atoms with Gasteiger partial charge in [0.1, 0.15) is 0 Å². The van der Waals surface area contributed by atoms with Gasteiger partial charge in [0, 0.05) is 13.1 Å². The highest BCUT2D eigenvalue weighted by molar-refractivity contribution is 5.37. The lowest BCUT2D eigenvalue weighted by molar-refractivity contribution is 0.601. The molecule has 0 heterocycles. The van der Waals surface area contributed by atoms with Crippen LogP contribution in [0.15, 0.2) is 24.3 Å². The van der Waals surface area contributed by atoms with Crippen molar-refractivity contribution in [3.8, 4) is 12.1 Å². The summed E-state index contributed by atoms with van der Waals surface area (Å²) in [5.41, 5.74) is 1.67. The summed E-state index contributed by atoms with van der Waals surface area (Å²) in [6, 6.07) is 11.8. The summed E-state index contributed by atoms with van der Waals surface area (Å²) in [6.45, 7) is 3.15. The van der Waals surface area contributed by atoms with Crippen LogP contribution in [0, 0.1) is 28.6 Å². The van der Waals surface area contributed by atoms with E-state index in [1.807, 2.05) is 25.1 Å². The van der Waals surface area contributed by atoms with Crippen molar-refractivity contribution in [1.82, 2.24) is 5.32 Å². The van der Waals surface area contributed by atoms with Crippen molar-refractivity contribution in [1.29, 1.82) is 10.5 Å². The second-order valence-electron chi connectivity index (χ2n) is 3.43. The molecule has 0 saturated carbocycles. The van der Waals surface area contributed by atoms with Crippen molar-refractivity contribution in [2.75, 3.05) is 6.54 Å². The number of nitrogens with one attached hydrogen (secondary N) is 1. The van der Waals surface area contributed by atoms with Gasteiger partial charge in [0.25, 0.3) is 0 Å². The first-order valence-corrected chi connectivity index (χ1v) is 4.86. The van der Waals surface area contributed by atoms with E-state index in [1.165, 1.54) is 0 Å². The minimum Gasteiger partial charge on any atom is -0.311 e. The second kappa shape index (κ2) is 5.80. The molecule has 0 bridgehead atoms. The summed E-state index contributed by atoms with van der Waals surface area (Å²) in [7, 11) is 0. The van der Waals surface area contributed by atoms with Gasteiger partial charge >= 0.3 is 0 Å². The van der Waals surface area contributed by atoms with Crippen LogP contribution in [0.4, 0.5) is 0 Å². The highest BCUT2D eigenvalue weighted by Crippen LogP contribution is 2.06. The lowest BCUT2D eigenvalue weighted by Gasteiger charge is -2.06. The Labute approximate surface area is 90.0 Å². The average molecular weight is 199 g/mol. The number of hydrogen-bond acceptors (Lipinski definition) is 3. The number of hydrogen-bond donors (Lipinski definition) is 1. The predicted molar refractivity (Wildman–Crippen MR) is 57.6 cm³/mol. The third-order valence-electron chi connectivity index (χ3n) is 2.12. The summed E-state index contributed by atoms with van der Waals surface area (Å²) >= 11 is 0. The fourth-order valence-electron chi connectivity index (χ4n) is 1.25. The van der Waals surface area contributed by atoms with E-state index in [0.717, 1.165) is 5.56 Å². The van der Waals surface area contributed by atoms with E-state index >= 15 is 0 Å². The Hall–Kier alpha value is -1.84. The summed E-state index contributed by atoms with van der Waals surface area (Å²) in [4.78, 5) is 0. The Kier molecular flexibility index (Phi) is 4.34. The van der Waals surface area contributed by atoms with Crippen LogP contribution in [0.2, 0.25) is 0 Å². The van der Waals surface area contributed by atoms with Gasteiger partial charge in [-0.3, -0.25) is 0 Å². The van der Waals surface area contributed by atoms with Crippen LogP contribution in [0.25, 0.3) is 0 Å². The second-order valence-corrected chi connectivity index (χ2v) is 3.43. The van der Waals surface area contributed by atoms with Crippen molar-refractivity contribution in [3.05, 3.63) is 35.4 Å². The SMILES string of the molecule is CC(C#N)CNCc1ccccc1C#N. The molecule has 0 aromatic heterocycles. The predicted octanol–water partition coefficient (Wildman–Crippen LogP) is 1.81. The Morgan fingerprint density at radius 1 is 1.33 bits per heavy atom. The van der Waals surface area contributed by atoms with Crippen molar-refractivity contribution >= 4 is 0 Å². The summed E-state index contributed by atoms with van der Waals surface area (Å²) in [5, 5.41) is 20.6. The van der Waals surface area contributed by atoms with E-state index in [1.54, 1.807) is 6.07 Å². The Morgan fingerprint density at radius 2 is 2.07 bits per heavy atom. The van der Waals surface area contributed by atoms with Gasteiger partial charge in [0.15, 0.2) is 0 Å². The van der Waals surface area contributed by atoms with Gasteiger partial charge < -0.3 is 5.32 Å². The molecule has 1 rings (SSSR count). The van der Waals surface area contributed by atoms with Crippen molar-refractivity contribution in [2.45, 2.75) is 13.5 Å². The van der Waals surface area contributed by atoms with Crippen molar-refractivity contribution in [2.24, 2.45) is 5.92 Å². The summed E-state index contributed by atoms with van der Waals surface area (Å²) in [6.07, 6.45) is 0. The fourth-order valence-corrected chi connectivity index (χ4v) is 1.25. The number of benzene rings is 1. The van der Waals surface area contributed by atoms with Gasteiger partial charge in [-0.2, -0.15) is 10.5 Å². The maximum absolute atomic E-state index is 8.84. The number of nitrogens with zero attached hydrogens (tertiary/aromatic N) is 2. The average Bonchev–Trinajstić information content (AvgIpc) is 2.29. The molecule has 0 fully saturated rings. The van der Waals surface area contributed by atoms with E-state index in [9.17, 15) is 0 Å². The van der Waals surface area contributed by atoms with Gasteiger partial charge in [0.05, 0.1) is 23.6 Å². The van der Waals surface area contributed by atoms with Crippen LogP contribution in [0.3, 0.4) is 0 Å². The molecule has 1 atom stereocenters. The van der Waals surface area contributed by atoms with E-state index in [0.29, 0.717) is 18.7 Å². The first-order valence-electron chi connectivity index (χ1n) is 4.86. The smallest absolute Gasteiger partial charge is 0.0995 e. The van der Waals surface area contributed by atoms with Crippen LogP contribution in [-0.4, -0.2) is 6.54 Å². The molecule has 3 nitrogen and oxygen atoms in total. The normalized spacial score (nSPS) is 11.4. The van der Waals surface area contributed by atoms with E-state index in [2.05, 4.69) is 17.5 Å². The van der Waals surface area contributed by atoms with Gasteiger partial charge in [-0.15, -0.1) is 0 Å². The van der Waals surface area contributed by atoms with Crippen LogP contribution < -0.4 is 5.32 Å². The lowest BCUT2D eigenvalue weighted by atomic mass is 10.1. The molecule has 15 heavy (non-hydrogen) atoms. The third-order valence-corrected chi connectivity index (χ3v) is 2.12. The zero-order chi connectivity index (χ0) is 11.1. The first-order chi connectivity index (χ1) is 7.27. The highest BCUT2D eigenvalue weighted by Gasteiger charge is 2.01. The molecule has 0 aliphatic carbocycles. The Balaban J connectivity index is 2.52. The third kappa shape index (κ3) is 3.42. The molecular weight excluding hydrogens is 186 g/mol. The molecule has 76 valence electrons. The first kappa shape index (κ1) is 11.2. The summed E-state index contributed by atoms with van der Waals surface area (Å²) in [5.74, 6) is -0.000696. The Bertz CT molecular complexity index is 398. The van der Waals surface area contributed by atoms with Crippen LogP contribution in [0.5, 0.6) is 0 Å². The largest absolute Gasteiger partial charge is 0.311 e. The number of rotatable bonds is 4. The monoisotopic (exact) mass is 199 g/mol. The van der Waals surface area contributed by atoms with E-state index in [-0.39, 0.29) is 5.92 Å². The van der Waals surface area contributed by atoms with Crippen LogP contribution >= 0.6 is 0 Å². The molecule has 0 amide bonds.